The SMILES string of the molecule is CC#CCOc1ccc(S(=O)(=O)N[C@@H](Cc2cn(Cc3ccc(C)cc3)c3ccc(C#N)cc23)C(=O)O)cc1. The number of aliphatic carboxylic acids is 1. The number of hydrogen-bond acceptors (Lipinski definition) is 5. The predicted molar refractivity (Wildman–Crippen MR) is 148 cm³/mol. The molecule has 8 nitrogen and oxygen atoms in total. The summed E-state index contributed by atoms with van der Waals surface area (Å²) in [6, 6.07) is 19.7. The highest BCUT2D eigenvalue weighted by Gasteiger charge is 2.27. The van der Waals surface area contributed by atoms with Crippen molar-refractivity contribution in [3.63, 3.8) is 0 Å². The minimum Gasteiger partial charge on any atom is -0.481 e. The molecule has 0 fully saturated rings. The normalized spacial score (nSPS) is 11.8. The lowest BCUT2D eigenvalue weighted by atomic mass is 10.0. The molecule has 4 aromatic rings. The lowest BCUT2D eigenvalue weighted by molar-refractivity contribution is -0.138. The quantitative estimate of drug-likeness (QED) is 0.290. The number of rotatable bonds is 10. The summed E-state index contributed by atoms with van der Waals surface area (Å²) in [6.07, 6.45) is 1.71. The van der Waals surface area contributed by atoms with Crippen molar-refractivity contribution >= 4 is 26.9 Å². The molecule has 0 aliphatic carbocycles. The number of benzene rings is 3. The second-order valence-electron chi connectivity index (χ2n) is 9.01. The van der Waals surface area contributed by atoms with Crippen molar-refractivity contribution in [2.75, 3.05) is 6.61 Å². The Hall–Kier alpha value is -4.57. The molecule has 1 heterocycles. The van der Waals surface area contributed by atoms with Crippen LogP contribution in [0.5, 0.6) is 5.75 Å². The first-order chi connectivity index (χ1) is 18.7. The minimum atomic E-state index is -4.15. The second kappa shape index (κ2) is 11.9. The molecule has 0 saturated heterocycles. The van der Waals surface area contributed by atoms with Crippen LogP contribution < -0.4 is 9.46 Å². The molecule has 9 heteroatoms. The van der Waals surface area contributed by atoms with Crippen molar-refractivity contribution in [3.8, 4) is 23.7 Å². The Kier molecular flexibility index (Phi) is 8.36. The van der Waals surface area contributed by atoms with Gasteiger partial charge in [0.1, 0.15) is 18.4 Å². The first-order valence-corrected chi connectivity index (χ1v) is 13.6. The van der Waals surface area contributed by atoms with E-state index in [0.29, 0.717) is 28.8 Å². The van der Waals surface area contributed by atoms with Crippen molar-refractivity contribution in [1.29, 1.82) is 5.26 Å². The van der Waals surface area contributed by atoms with Gasteiger partial charge in [-0.1, -0.05) is 35.7 Å². The fourth-order valence-corrected chi connectivity index (χ4v) is 5.37. The molecule has 0 unspecified atom stereocenters. The Balaban J connectivity index is 1.62. The Bertz CT molecular complexity index is 1710. The number of nitrogens with one attached hydrogen (secondary N) is 1. The van der Waals surface area contributed by atoms with Crippen LogP contribution in [0, 0.1) is 30.1 Å². The molecule has 0 bridgehead atoms. The lowest BCUT2D eigenvalue weighted by Gasteiger charge is -2.15. The van der Waals surface area contributed by atoms with Gasteiger partial charge in [-0.05, 0) is 67.4 Å². The maximum absolute atomic E-state index is 13.1. The van der Waals surface area contributed by atoms with Crippen LogP contribution in [0.2, 0.25) is 0 Å². The number of aryl methyl sites for hydroxylation is 1. The Morgan fingerprint density at radius 3 is 2.46 bits per heavy atom. The van der Waals surface area contributed by atoms with Crippen LogP contribution in [0.4, 0.5) is 0 Å². The summed E-state index contributed by atoms with van der Waals surface area (Å²) >= 11 is 0. The number of nitriles is 1. The fraction of sp³-hybridized carbons (Fsp3) is 0.200. The van der Waals surface area contributed by atoms with E-state index in [1.165, 1.54) is 24.3 Å². The third kappa shape index (κ3) is 6.66. The third-order valence-electron chi connectivity index (χ3n) is 6.21. The average molecular weight is 542 g/mol. The molecule has 39 heavy (non-hydrogen) atoms. The Morgan fingerprint density at radius 2 is 1.82 bits per heavy atom. The van der Waals surface area contributed by atoms with Gasteiger partial charge >= 0.3 is 5.97 Å². The summed E-state index contributed by atoms with van der Waals surface area (Å²) < 4.78 is 35.8. The van der Waals surface area contributed by atoms with Crippen LogP contribution in [-0.4, -0.2) is 36.7 Å². The molecule has 0 amide bonds. The van der Waals surface area contributed by atoms with Crippen molar-refractivity contribution in [3.05, 3.63) is 95.2 Å². The topological polar surface area (TPSA) is 121 Å². The number of hydrogen-bond donors (Lipinski definition) is 2. The van der Waals surface area contributed by atoms with E-state index in [1.54, 1.807) is 19.1 Å². The summed E-state index contributed by atoms with van der Waals surface area (Å²) in [4.78, 5) is 12.1. The van der Waals surface area contributed by atoms with Gasteiger partial charge in [0.2, 0.25) is 10.0 Å². The Labute approximate surface area is 227 Å². The third-order valence-corrected chi connectivity index (χ3v) is 7.70. The van der Waals surface area contributed by atoms with Crippen molar-refractivity contribution in [2.24, 2.45) is 0 Å². The van der Waals surface area contributed by atoms with Gasteiger partial charge in [-0.2, -0.15) is 9.98 Å². The number of sulfonamides is 1. The van der Waals surface area contributed by atoms with Crippen molar-refractivity contribution in [1.82, 2.24) is 9.29 Å². The number of ether oxygens (including phenoxy) is 1. The van der Waals surface area contributed by atoms with Crippen LogP contribution in [0.1, 0.15) is 29.2 Å². The van der Waals surface area contributed by atoms with Gasteiger partial charge < -0.3 is 14.4 Å². The first kappa shape index (κ1) is 27.5. The minimum absolute atomic E-state index is 0.0868. The molecule has 0 radical (unpaired) electrons. The summed E-state index contributed by atoms with van der Waals surface area (Å²) in [5, 5.41) is 20.1. The average Bonchev–Trinajstić information content (AvgIpc) is 3.25. The first-order valence-electron chi connectivity index (χ1n) is 12.1. The number of fused-ring (bicyclic) bond motifs is 1. The summed E-state index contributed by atoms with van der Waals surface area (Å²) in [5.74, 6) is 4.59. The van der Waals surface area contributed by atoms with E-state index in [1.807, 2.05) is 48.0 Å². The molecule has 1 aromatic heterocycles. The smallest absolute Gasteiger partial charge is 0.322 e. The zero-order valence-electron chi connectivity index (χ0n) is 21.5. The number of nitrogens with zero attached hydrogens (tertiary/aromatic N) is 2. The van der Waals surface area contributed by atoms with E-state index in [2.05, 4.69) is 22.6 Å². The van der Waals surface area contributed by atoms with E-state index in [0.717, 1.165) is 16.6 Å². The molecule has 0 saturated carbocycles. The highest BCUT2D eigenvalue weighted by atomic mass is 32.2. The highest BCUT2D eigenvalue weighted by Crippen LogP contribution is 2.26. The zero-order chi connectivity index (χ0) is 28.0. The molecular formula is C30H27N3O5S. The van der Waals surface area contributed by atoms with E-state index in [-0.39, 0.29) is 17.9 Å². The van der Waals surface area contributed by atoms with Gasteiger partial charge in [0.25, 0.3) is 0 Å². The molecular weight excluding hydrogens is 514 g/mol. The zero-order valence-corrected chi connectivity index (χ0v) is 22.3. The number of aromatic nitrogens is 1. The van der Waals surface area contributed by atoms with Gasteiger partial charge in [-0.15, -0.1) is 5.92 Å². The maximum atomic E-state index is 13.1. The molecule has 198 valence electrons. The largest absolute Gasteiger partial charge is 0.481 e. The van der Waals surface area contributed by atoms with Crippen LogP contribution in [0.15, 0.2) is 77.8 Å². The van der Waals surface area contributed by atoms with Crippen LogP contribution in [-0.2, 0) is 27.8 Å². The van der Waals surface area contributed by atoms with Crippen LogP contribution in [0.25, 0.3) is 10.9 Å². The predicted octanol–water partition coefficient (Wildman–Crippen LogP) is 4.25. The molecule has 1 atom stereocenters. The van der Waals surface area contributed by atoms with E-state index >= 15 is 0 Å². The standard InChI is InChI=1S/C30H27N3O5S/c1-3-4-15-38-25-10-12-26(13-11-25)39(36,37)32-28(30(34)35)17-24-20-33(19-22-7-5-21(2)6-8-22)29-14-9-23(18-31)16-27(24)29/h5-14,16,20,28,32H,15,17,19H2,1-2H3,(H,34,35)/t28-/m0/s1. The molecule has 0 aliphatic rings. The monoisotopic (exact) mass is 541 g/mol. The summed E-state index contributed by atoms with van der Waals surface area (Å²) in [6.45, 7) is 4.40. The molecule has 2 N–H and O–H groups in total. The molecule has 0 spiro atoms. The number of carboxylic acid groups (broad SMARTS) is 1. The van der Waals surface area contributed by atoms with E-state index in [9.17, 15) is 23.6 Å². The summed E-state index contributed by atoms with van der Waals surface area (Å²) in [5.41, 5.74) is 4.06. The van der Waals surface area contributed by atoms with Gasteiger partial charge in [-0.25, -0.2) is 8.42 Å². The molecule has 4 rings (SSSR count). The van der Waals surface area contributed by atoms with Crippen molar-refractivity contribution in [2.45, 2.75) is 37.8 Å². The van der Waals surface area contributed by atoms with E-state index in [4.69, 9.17) is 4.74 Å². The number of carbonyl (C=O) groups is 1. The van der Waals surface area contributed by atoms with Crippen molar-refractivity contribution < 1.29 is 23.1 Å². The lowest BCUT2D eigenvalue weighted by Crippen LogP contribution is -2.42. The van der Waals surface area contributed by atoms with Gasteiger partial charge in [0.05, 0.1) is 16.5 Å². The van der Waals surface area contributed by atoms with Gasteiger partial charge in [0.15, 0.2) is 0 Å². The Morgan fingerprint density at radius 1 is 1.10 bits per heavy atom. The van der Waals surface area contributed by atoms with Crippen LogP contribution in [0.3, 0.4) is 0 Å². The summed E-state index contributed by atoms with van der Waals surface area (Å²) in [7, 11) is -4.15. The fourth-order valence-electron chi connectivity index (χ4n) is 4.19. The molecule has 0 aliphatic heterocycles. The second-order valence-corrected chi connectivity index (χ2v) is 10.7. The highest BCUT2D eigenvalue weighted by molar-refractivity contribution is 7.89. The van der Waals surface area contributed by atoms with E-state index < -0.39 is 22.0 Å². The van der Waals surface area contributed by atoms with Crippen LogP contribution >= 0.6 is 0 Å². The maximum Gasteiger partial charge on any atom is 0.322 e. The number of carboxylic acids is 1. The van der Waals surface area contributed by atoms with Gasteiger partial charge in [0, 0.05) is 30.1 Å². The van der Waals surface area contributed by atoms with Gasteiger partial charge in [-0.3, -0.25) is 4.79 Å². The molecule has 3 aromatic carbocycles.